The topological polar surface area (TPSA) is 48.0 Å². The molecule has 1 amide bonds. The number of benzene rings is 3. The summed E-state index contributed by atoms with van der Waals surface area (Å²) in [5.74, 6) is 1.95. The standard InChI is InChI=1S/C27H24BrNO4S2/c1-3-32-24-14-20(8-13-23(24)33-17-19-4-9-21(28)10-5-19)15-25-26(30)29(27(34)35-25)16-18-6-11-22(31-2)12-7-18/h4-15H,3,16-17H2,1-2H3. The van der Waals surface area contributed by atoms with Gasteiger partial charge in [0.2, 0.25) is 0 Å². The van der Waals surface area contributed by atoms with Crippen molar-refractivity contribution in [1.82, 2.24) is 4.90 Å². The number of thiocarbonyl (C=S) groups is 1. The van der Waals surface area contributed by atoms with E-state index >= 15 is 0 Å². The van der Waals surface area contributed by atoms with E-state index < -0.39 is 0 Å². The Morgan fingerprint density at radius 3 is 2.37 bits per heavy atom. The normalized spacial score (nSPS) is 14.5. The number of carbonyl (C=O) groups excluding carboxylic acids is 1. The van der Waals surface area contributed by atoms with Crippen molar-refractivity contribution < 1.29 is 19.0 Å². The number of carbonyl (C=O) groups is 1. The van der Waals surface area contributed by atoms with E-state index in [0.717, 1.165) is 26.9 Å². The van der Waals surface area contributed by atoms with Gasteiger partial charge >= 0.3 is 0 Å². The fourth-order valence-corrected chi connectivity index (χ4v) is 4.96. The first-order valence-electron chi connectivity index (χ1n) is 11.0. The lowest BCUT2D eigenvalue weighted by Crippen LogP contribution is -2.27. The summed E-state index contributed by atoms with van der Waals surface area (Å²) in [4.78, 5) is 15.3. The average Bonchev–Trinajstić information content (AvgIpc) is 3.12. The minimum atomic E-state index is -0.107. The van der Waals surface area contributed by atoms with Crippen LogP contribution in [-0.4, -0.2) is 28.8 Å². The number of thioether (sulfide) groups is 1. The molecule has 0 spiro atoms. The lowest BCUT2D eigenvalue weighted by atomic mass is 10.1. The second-order valence-electron chi connectivity index (χ2n) is 7.67. The van der Waals surface area contributed by atoms with Gasteiger partial charge in [0.25, 0.3) is 5.91 Å². The molecule has 0 radical (unpaired) electrons. The molecule has 1 heterocycles. The molecule has 1 aliphatic heterocycles. The van der Waals surface area contributed by atoms with Crippen LogP contribution < -0.4 is 14.2 Å². The Hall–Kier alpha value is -2.81. The van der Waals surface area contributed by atoms with Crippen LogP contribution in [0.2, 0.25) is 0 Å². The van der Waals surface area contributed by atoms with Gasteiger partial charge in [-0.05, 0) is 66.1 Å². The Morgan fingerprint density at radius 1 is 0.971 bits per heavy atom. The van der Waals surface area contributed by atoms with Crippen molar-refractivity contribution in [2.24, 2.45) is 0 Å². The summed E-state index contributed by atoms with van der Waals surface area (Å²) >= 11 is 10.2. The van der Waals surface area contributed by atoms with Crippen molar-refractivity contribution in [3.05, 3.63) is 92.8 Å². The van der Waals surface area contributed by atoms with Gasteiger partial charge in [-0.25, -0.2) is 0 Å². The van der Waals surface area contributed by atoms with Crippen molar-refractivity contribution in [3.63, 3.8) is 0 Å². The van der Waals surface area contributed by atoms with Crippen LogP contribution >= 0.6 is 39.9 Å². The van der Waals surface area contributed by atoms with Crippen LogP contribution in [0.4, 0.5) is 0 Å². The smallest absolute Gasteiger partial charge is 0.266 e. The Bertz CT molecular complexity index is 1240. The maximum atomic E-state index is 13.1. The number of hydrogen-bond acceptors (Lipinski definition) is 6. The summed E-state index contributed by atoms with van der Waals surface area (Å²) in [5.41, 5.74) is 2.88. The van der Waals surface area contributed by atoms with Gasteiger partial charge in [0.15, 0.2) is 11.5 Å². The van der Waals surface area contributed by atoms with E-state index in [1.54, 1.807) is 12.0 Å². The lowest BCUT2D eigenvalue weighted by molar-refractivity contribution is -0.122. The third kappa shape index (κ3) is 6.45. The number of hydrogen-bond donors (Lipinski definition) is 0. The molecule has 0 saturated carbocycles. The third-order valence-electron chi connectivity index (χ3n) is 5.25. The predicted octanol–water partition coefficient (Wildman–Crippen LogP) is 6.84. The summed E-state index contributed by atoms with van der Waals surface area (Å²) in [6.07, 6.45) is 1.84. The maximum absolute atomic E-state index is 13.1. The number of amides is 1. The van der Waals surface area contributed by atoms with Gasteiger partial charge in [0, 0.05) is 4.47 Å². The number of halogens is 1. The van der Waals surface area contributed by atoms with Crippen LogP contribution in [0.1, 0.15) is 23.6 Å². The molecule has 35 heavy (non-hydrogen) atoms. The van der Waals surface area contributed by atoms with Crippen molar-refractivity contribution in [2.45, 2.75) is 20.1 Å². The SMILES string of the molecule is CCOc1cc(C=C2SC(=S)N(Cc3ccc(OC)cc3)C2=O)ccc1OCc1ccc(Br)cc1. The minimum absolute atomic E-state index is 0.107. The van der Waals surface area contributed by atoms with E-state index in [0.29, 0.717) is 40.5 Å². The molecule has 0 unspecified atom stereocenters. The van der Waals surface area contributed by atoms with E-state index in [1.807, 2.05) is 79.7 Å². The molecule has 0 aliphatic carbocycles. The quantitative estimate of drug-likeness (QED) is 0.208. The molecular weight excluding hydrogens is 546 g/mol. The zero-order valence-electron chi connectivity index (χ0n) is 19.3. The fourth-order valence-electron chi connectivity index (χ4n) is 3.44. The first kappa shape index (κ1) is 25.3. The average molecular weight is 571 g/mol. The van der Waals surface area contributed by atoms with Crippen molar-refractivity contribution in [2.75, 3.05) is 13.7 Å². The predicted molar refractivity (Wildman–Crippen MR) is 148 cm³/mol. The molecule has 0 atom stereocenters. The molecule has 3 aromatic carbocycles. The fraction of sp³-hybridized carbons (Fsp3) is 0.185. The molecule has 1 saturated heterocycles. The van der Waals surface area contributed by atoms with Gasteiger partial charge in [0.1, 0.15) is 16.7 Å². The van der Waals surface area contributed by atoms with Crippen molar-refractivity contribution >= 4 is 56.2 Å². The van der Waals surface area contributed by atoms with E-state index in [2.05, 4.69) is 15.9 Å². The van der Waals surface area contributed by atoms with Crippen LogP contribution in [0.5, 0.6) is 17.2 Å². The molecule has 4 rings (SSSR count). The molecule has 3 aromatic rings. The molecule has 0 aromatic heterocycles. The second-order valence-corrected chi connectivity index (χ2v) is 10.3. The number of methoxy groups -OCH3 is 1. The largest absolute Gasteiger partial charge is 0.497 e. The molecular formula is C27H24BrNO4S2. The maximum Gasteiger partial charge on any atom is 0.266 e. The summed E-state index contributed by atoms with van der Waals surface area (Å²) in [6.45, 7) is 3.27. The van der Waals surface area contributed by atoms with E-state index in [4.69, 9.17) is 26.4 Å². The van der Waals surface area contributed by atoms with Gasteiger partial charge in [-0.2, -0.15) is 0 Å². The molecule has 1 aliphatic rings. The Kier molecular flexibility index (Phi) is 8.49. The van der Waals surface area contributed by atoms with Crippen molar-refractivity contribution in [1.29, 1.82) is 0 Å². The van der Waals surface area contributed by atoms with Gasteiger partial charge in [-0.1, -0.05) is 70.2 Å². The number of nitrogens with zero attached hydrogens (tertiary/aromatic N) is 1. The lowest BCUT2D eigenvalue weighted by Gasteiger charge is -2.14. The highest BCUT2D eigenvalue weighted by molar-refractivity contribution is 9.10. The molecule has 5 nitrogen and oxygen atoms in total. The first-order valence-corrected chi connectivity index (χ1v) is 13.0. The van der Waals surface area contributed by atoms with Crippen LogP contribution in [0.25, 0.3) is 6.08 Å². The Morgan fingerprint density at radius 2 is 1.69 bits per heavy atom. The van der Waals surface area contributed by atoms with E-state index in [1.165, 1.54) is 11.8 Å². The van der Waals surface area contributed by atoms with Crippen molar-refractivity contribution in [3.8, 4) is 17.2 Å². The Labute approximate surface area is 223 Å². The summed E-state index contributed by atoms with van der Waals surface area (Å²) in [6, 6.07) is 21.3. The number of rotatable bonds is 9. The van der Waals surface area contributed by atoms with Crippen LogP contribution in [0.15, 0.2) is 76.1 Å². The van der Waals surface area contributed by atoms with Gasteiger partial charge in [-0.3, -0.25) is 9.69 Å². The van der Waals surface area contributed by atoms with Crippen LogP contribution in [0, 0.1) is 0 Å². The van der Waals surface area contributed by atoms with E-state index in [9.17, 15) is 4.79 Å². The third-order valence-corrected chi connectivity index (χ3v) is 7.15. The summed E-state index contributed by atoms with van der Waals surface area (Å²) in [7, 11) is 1.62. The number of ether oxygens (including phenoxy) is 3. The summed E-state index contributed by atoms with van der Waals surface area (Å²) in [5, 5.41) is 0. The monoisotopic (exact) mass is 569 g/mol. The summed E-state index contributed by atoms with van der Waals surface area (Å²) < 4.78 is 18.6. The van der Waals surface area contributed by atoms with E-state index in [-0.39, 0.29) is 5.91 Å². The molecule has 0 bridgehead atoms. The molecule has 8 heteroatoms. The highest BCUT2D eigenvalue weighted by Gasteiger charge is 2.32. The first-order chi connectivity index (χ1) is 17.0. The van der Waals surface area contributed by atoms with Gasteiger partial charge in [-0.15, -0.1) is 0 Å². The van der Waals surface area contributed by atoms with Crippen LogP contribution in [0.3, 0.4) is 0 Å². The highest BCUT2D eigenvalue weighted by Crippen LogP contribution is 2.36. The molecule has 180 valence electrons. The molecule has 0 N–H and O–H groups in total. The minimum Gasteiger partial charge on any atom is -0.497 e. The zero-order valence-corrected chi connectivity index (χ0v) is 22.5. The molecule has 1 fully saturated rings. The van der Waals surface area contributed by atoms with Gasteiger partial charge < -0.3 is 14.2 Å². The van der Waals surface area contributed by atoms with Crippen LogP contribution in [-0.2, 0) is 17.9 Å². The van der Waals surface area contributed by atoms with Gasteiger partial charge in [0.05, 0.1) is 25.2 Å². The Balaban J connectivity index is 1.48. The second kappa shape index (κ2) is 11.7. The highest BCUT2D eigenvalue weighted by atomic mass is 79.9. The zero-order chi connectivity index (χ0) is 24.8.